The maximum atomic E-state index is 12.6. The molecule has 1 saturated heterocycles. The number of amides is 1. The van der Waals surface area contributed by atoms with E-state index in [1.165, 1.54) is 0 Å². The Kier molecular flexibility index (Phi) is 6.02. The van der Waals surface area contributed by atoms with Crippen molar-refractivity contribution in [3.8, 4) is 5.75 Å². The Bertz CT molecular complexity index is 535. The quantitative estimate of drug-likeness (QED) is 0.900. The highest BCUT2D eigenvalue weighted by atomic mass is 16.5. The Hall–Kier alpha value is -1.59. The van der Waals surface area contributed by atoms with Crippen molar-refractivity contribution in [1.82, 2.24) is 9.80 Å². The van der Waals surface area contributed by atoms with Crippen LogP contribution in [-0.4, -0.2) is 59.6 Å². The van der Waals surface area contributed by atoms with Crippen LogP contribution in [0, 0.1) is 0 Å². The van der Waals surface area contributed by atoms with Gasteiger partial charge in [0.1, 0.15) is 5.75 Å². The zero-order valence-electron chi connectivity index (χ0n) is 14.5. The maximum Gasteiger partial charge on any atom is 0.263 e. The van der Waals surface area contributed by atoms with Gasteiger partial charge < -0.3 is 19.6 Å². The number of benzene rings is 1. The number of hydrogen-bond donors (Lipinski definition) is 1. The van der Waals surface area contributed by atoms with Gasteiger partial charge in [0.05, 0.1) is 6.61 Å². The molecule has 1 aliphatic rings. The molecule has 1 aromatic carbocycles. The molecule has 1 heterocycles. The Balaban J connectivity index is 1.95. The Morgan fingerprint density at radius 1 is 1.52 bits per heavy atom. The number of piperidine rings is 1. The van der Waals surface area contributed by atoms with Gasteiger partial charge in [0.2, 0.25) is 0 Å². The molecule has 1 amide bonds. The number of aliphatic hydroxyl groups excluding tert-OH is 1. The number of likely N-dealkylation sites (tertiary alicyclic amines) is 1. The van der Waals surface area contributed by atoms with Crippen LogP contribution in [0.4, 0.5) is 0 Å². The highest BCUT2D eigenvalue weighted by Crippen LogP contribution is 2.21. The van der Waals surface area contributed by atoms with Crippen LogP contribution in [0.5, 0.6) is 5.75 Å². The first-order valence-electron chi connectivity index (χ1n) is 8.25. The normalized spacial score (nSPS) is 23.3. The van der Waals surface area contributed by atoms with Crippen LogP contribution in [0.2, 0.25) is 0 Å². The highest BCUT2D eigenvalue weighted by molar-refractivity contribution is 5.81. The second-order valence-electron chi connectivity index (χ2n) is 6.52. The van der Waals surface area contributed by atoms with Gasteiger partial charge in [-0.05, 0) is 51.4 Å². The Morgan fingerprint density at radius 2 is 2.26 bits per heavy atom. The molecule has 23 heavy (non-hydrogen) atoms. The van der Waals surface area contributed by atoms with Crippen molar-refractivity contribution >= 4 is 5.91 Å². The average Bonchev–Trinajstić information content (AvgIpc) is 2.56. The predicted molar refractivity (Wildman–Crippen MR) is 90.3 cm³/mol. The summed E-state index contributed by atoms with van der Waals surface area (Å²) in [6.45, 7) is 4.96. The molecule has 0 bridgehead atoms. The predicted octanol–water partition coefficient (Wildman–Crippen LogP) is 1.89. The van der Waals surface area contributed by atoms with Gasteiger partial charge in [-0.1, -0.05) is 12.1 Å². The van der Waals surface area contributed by atoms with Crippen molar-refractivity contribution < 1.29 is 14.6 Å². The minimum Gasteiger partial charge on any atom is -0.481 e. The summed E-state index contributed by atoms with van der Waals surface area (Å²) in [5, 5.41) is 9.18. The number of aliphatic hydroxyl groups is 1. The summed E-state index contributed by atoms with van der Waals surface area (Å²) in [7, 11) is 4.00. The van der Waals surface area contributed by atoms with E-state index in [9.17, 15) is 9.90 Å². The summed E-state index contributed by atoms with van der Waals surface area (Å²) < 4.78 is 5.77. The van der Waals surface area contributed by atoms with Crippen LogP contribution in [0.25, 0.3) is 0 Å². The minimum atomic E-state index is -0.538. The van der Waals surface area contributed by atoms with Crippen LogP contribution in [-0.2, 0) is 11.4 Å². The number of carbonyl (C=O) groups excluding carboxylic acids is 1. The van der Waals surface area contributed by atoms with E-state index in [4.69, 9.17) is 4.74 Å². The summed E-state index contributed by atoms with van der Waals surface area (Å²) in [5.41, 5.74) is 0.777. The van der Waals surface area contributed by atoms with E-state index in [0.717, 1.165) is 24.9 Å². The Morgan fingerprint density at radius 3 is 2.91 bits per heavy atom. The molecule has 0 aliphatic carbocycles. The van der Waals surface area contributed by atoms with Crippen molar-refractivity contribution in [3.05, 3.63) is 29.8 Å². The SMILES string of the molecule is CC(Oc1cccc(CO)c1)C(=O)N(C)C1CCN(C)C(C)C1. The lowest BCUT2D eigenvalue weighted by Crippen LogP contribution is -2.50. The molecule has 128 valence electrons. The van der Waals surface area contributed by atoms with Crippen LogP contribution in [0.1, 0.15) is 32.3 Å². The van der Waals surface area contributed by atoms with E-state index in [1.54, 1.807) is 19.1 Å². The van der Waals surface area contributed by atoms with Crippen LogP contribution >= 0.6 is 0 Å². The fourth-order valence-electron chi connectivity index (χ4n) is 3.05. The third-order valence-electron chi connectivity index (χ3n) is 4.82. The summed E-state index contributed by atoms with van der Waals surface area (Å²) in [4.78, 5) is 16.8. The van der Waals surface area contributed by atoms with Gasteiger partial charge >= 0.3 is 0 Å². The maximum absolute atomic E-state index is 12.6. The first-order valence-corrected chi connectivity index (χ1v) is 8.25. The van der Waals surface area contributed by atoms with Gasteiger partial charge in [0, 0.05) is 25.7 Å². The Labute approximate surface area is 138 Å². The molecule has 5 nitrogen and oxygen atoms in total. The first-order chi connectivity index (χ1) is 10.9. The molecule has 3 atom stereocenters. The first kappa shape index (κ1) is 17.8. The molecule has 2 rings (SSSR count). The van der Waals surface area contributed by atoms with E-state index >= 15 is 0 Å². The number of carbonyl (C=O) groups is 1. The zero-order chi connectivity index (χ0) is 17.0. The summed E-state index contributed by atoms with van der Waals surface area (Å²) >= 11 is 0. The van der Waals surface area contributed by atoms with E-state index in [1.807, 2.05) is 24.1 Å². The van der Waals surface area contributed by atoms with E-state index in [-0.39, 0.29) is 18.6 Å². The summed E-state index contributed by atoms with van der Waals surface area (Å²) in [6, 6.07) is 7.97. The second kappa shape index (κ2) is 7.79. The van der Waals surface area contributed by atoms with Crippen molar-refractivity contribution in [1.29, 1.82) is 0 Å². The van der Waals surface area contributed by atoms with Gasteiger partial charge in [0.25, 0.3) is 5.91 Å². The lowest BCUT2D eigenvalue weighted by Gasteiger charge is -2.40. The molecular weight excluding hydrogens is 292 g/mol. The molecule has 1 fully saturated rings. The molecule has 5 heteroatoms. The van der Waals surface area contributed by atoms with Gasteiger partial charge in [-0.2, -0.15) is 0 Å². The molecule has 1 aliphatic heterocycles. The largest absolute Gasteiger partial charge is 0.481 e. The highest BCUT2D eigenvalue weighted by Gasteiger charge is 2.30. The van der Waals surface area contributed by atoms with Gasteiger partial charge in [-0.15, -0.1) is 0 Å². The topological polar surface area (TPSA) is 53.0 Å². The molecule has 0 radical (unpaired) electrons. The summed E-state index contributed by atoms with van der Waals surface area (Å²) in [5.74, 6) is 0.615. The van der Waals surface area contributed by atoms with E-state index < -0.39 is 6.10 Å². The minimum absolute atomic E-state index is 0.00107. The van der Waals surface area contributed by atoms with Gasteiger partial charge in [0.15, 0.2) is 6.10 Å². The number of nitrogens with zero attached hydrogens (tertiary/aromatic N) is 2. The number of ether oxygens (including phenoxy) is 1. The zero-order valence-corrected chi connectivity index (χ0v) is 14.5. The number of likely N-dealkylation sites (N-methyl/N-ethyl adjacent to an activating group) is 1. The van der Waals surface area contributed by atoms with Gasteiger partial charge in [-0.25, -0.2) is 0 Å². The summed E-state index contributed by atoms with van der Waals surface area (Å²) in [6.07, 6.45) is 1.45. The van der Waals surface area contributed by atoms with Crippen molar-refractivity contribution in [2.45, 2.75) is 51.5 Å². The third-order valence-corrected chi connectivity index (χ3v) is 4.82. The van der Waals surface area contributed by atoms with E-state index in [2.05, 4.69) is 18.9 Å². The van der Waals surface area contributed by atoms with Crippen LogP contribution in [0.15, 0.2) is 24.3 Å². The molecule has 3 unspecified atom stereocenters. The van der Waals surface area contributed by atoms with Crippen molar-refractivity contribution in [2.24, 2.45) is 0 Å². The molecule has 1 N–H and O–H groups in total. The van der Waals surface area contributed by atoms with Crippen LogP contribution < -0.4 is 4.74 Å². The van der Waals surface area contributed by atoms with Crippen molar-refractivity contribution in [3.63, 3.8) is 0 Å². The monoisotopic (exact) mass is 320 g/mol. The molecule has 0 aromatic heterocycles. The van der Waals surface area contributed by atoms with Crippen molar-refractivity contribution in [2.75, 3.05) is 20.6 Å². The fraction of sp³-hybridized carbons (Fsp3) is 0.611. The fourth-order valence-corrected chi connectivity index (χ4v) is 3.05. The molecule has 0 saturated carbocycles. The average molecular weight is 320 g/mol. The standard InChI is InChI=1S/C18H28N2O3/c1-13-10-16(8-9-19(13)3)20(4)18(22)14(2)23-17-7-5-6-15(11-17)12-21/h5-7,11,13-14,16,21H,8-10,12H2,1-4H3. The molecular formula is C18H28N2O3. The lowest BCUT2D eigenvalue weighted by atomic mass is 9.97. The van der Waals surface area contributed by atoms with E-state index in [0.29, 0.717) is 11.8 Å². The number of hydrogen-bond acceptors (Lipinski definition) is 4. The lowest BCUT2D eigenvalue weighted by molar-refractivity contribution is -0.139. The third kappa shape index (κ3) is 4.45. The number of rotatable bonds is 5. The molecule has 0 spiro atoms. The second-order valence-corrected chi connectivity index (χ2v) is 6.52. The van der Waals surface area contributed by atoms with Crippen LogP contribution in [0.3, 0.4) is 0 Å². The molecule has 1 aromatic rings. The van der Waals surface area contributed by atoms with Gasteiger partial charge in [-0.3, -0.25) is 4.79 Å². The smallest absolute Gasteiger partial charge is 0.263 e.